The third-order valence-corrected chi connectivity index (χ3v) is 2.65. The zero-order chi connectivity index (χ0) is 9.10. The number of nitrogens with one attached hydrogen (secondary N) is 1. The summed E-state index contributed by atoms with van der Waals surface area (Å²) in [5, 5.41) is 6.50. The minimum atomic E-state index is 0.608. The van der Waals surface area contributed by atoms with Gasteiger partial charge >= 0.3 is 0 Å². The zero-order valence-electron chi connectivity index (χ0n) is 6.86. The molecular weight excluding hydrogens is 186 g/mol. The SMILES string of the molecule is Nc1[nH]ncc1SCc1ccco1. The summed E-state index contributed by atoms with van der Waals surface area (Å²) in [5.74, 6) is 2.32. The third kappa shape index (κ3) is 1.86. The highest BCUT2D eigenvalue weighted by molar-refractivity contribution is 7.98. The van der Waals surface area contributed by atoms with Gasteiger partial charge in [0.05, 0.1) is 23.1 Å². The van der Waals surface area contributed by atoms with Crippen LogP contribution in [0.15, 0.2) is 33.9 Å². The number of furan rings is 1. The van der Waals surface area contributed by atoms with Crippen LogP contribution in [0.4, 0.5) is 5.82 Å². The van der Waals surface area contributed by atoms with E-state index in [1.54, 1.807) is 24.2 Å². The highest BCUT2D eigenvalue weighted by Gasteiger charge is 2.03. The minimum Gasteiger partial charge on any atom is -0.468 e. The van der Waals surface area contributed by atoms with E-state index >= 15 is 0 Å². The largest absolute Gasteiger partial charge is 0.468 e. The van der Waals surface area contributed by atoms with E-state index in [0.29, 0.717) is 5.82 Å². The average Bonchev–Trinajstić information content (AvgIpc) is 2.72. The fraction of sp³-hybridized carbons (Fsp3) is 0.125. The Kier molecular flexibility index (Phi) is 2.27. The fourth-order valence-corrected chi connectivity index (χ4v) is 1.73. The lowest BCUT2D eigenvalue weighted by Crippen LogP contribution is -1.86. The van der Waals surface area contributed by atoms with Gasteiger partial charge in [-0.1, -0.05) is 0 Å². The summed E-state index contributed by atoms with van der Waals surface area (Å²) in [5.41, 5.74) is 5.61. The molecule has 0 aliphatic carbocycles. The van der Waals surface area contributed by atoms with Gasteiger partial charge in [-0.3, -0.25) is 5.10 Å². The zero-order valence-corrected chi connectivity index (χ0v) is 7.67. The van der Waals surface area contributed by atoms with Gasteiger partial charge in [0, 0.05) is 0 Å². The summed E-state index contributed by atoms with van der Waals surface area (Å²) in [6, 6.07) is 3.80. The van der Waals surface area contributed by atoms with Crippen LogP contribution < -0.4 is 5.73 Å². The second-order valence-corrected chi connectivity index (χ2v) is 3.53. The van der Waals surface area contributed by atoms with Crippen LogP contribution in [0.1, 0.15) is 5.76 Å². The number of hydrogen-bond acceptors (Lipinski definition) is 4. The van der Waals surface area contributed by atoms with Gasteiger partial charge in [-0.05, 0) is 12.1 Å². The predicted octanol–water partition coefficient (Wildman–Crippen LogP) is 1.88. The van der Waals surface area contributed by atoms with Gasteiger partial charge in [-0.2, -0.15) is 5.10 Å². The minimum absolute atomic E-state index is 0.608. The first-order valence-electron chi connectivity index (χ1n) is 3.80. The number of nitrogen functional groups attached to an aromatic ring is 1. The van der Waals surface area contributed by atoms with E-state index in [0.717, 1.165) is 16.4 Å². The summed E-state index contributed by atoms with van der Waals surface area (Å²) >= 11 is 1.60. The molecular formula is C8H9N3OS. The molecule has 3 N–H and O–H groups in total. The summed E-state index contributed by atoms with van der Waals surface area (Å²) < 4.78 is 5.18. The molecule has 13 heavy (non-hydrogen) atoms. The Labute approximate surface area is 79.5 Å². The number of rotatable bonds is 3. The van der Waals surface area contributed by atoms with E-state index in [1.165, 1.54) is 0 Å². The molecule has 0 aliphatic heterocycles. The van der Waals surface area contributed by atoms with Gasteiger partial charge in [-0.15, -0.1) is 11.8 Å². The molecule has 0 atom stereocenters. The molecule has 4 nitrogen and oxygen atoms in total. The Balaban J connectivity index is 1.97. The van der Waals surface area contributed by atoms with Crippen LogP contribution in [-0.4, -0.2) is 10.2 Å². The molecule has 0 spiro atoms. The van der Waals surface area contributed by atoms with E-state index in [2.05, 4.69) is 10.2 Å². The quantitative estimate of drug-likeness (QED) is 0.734. The van der Waals surface area contributed by atoms with E-state index < -0.39 is 0 Å². The second kappa shape index (κ2) is 3.57. The molecule has 5 heteroatoms. The molecule has 2 heterocycles. The van der Waals surface area contributed by atoms with Crippen molar-refractivity contribution in [1.29, 1.82) is 0 Å². The number of nitrogens with two attached hydrogens (primary N) is 1. The maximum atomic E-state index is 5.61. The molecule has 0 unspecified atom stereocenters. The smallest absolute Gasteiger partial charge is 0.132 e. The molecule has 0 amide bonds. The van der Waals surface area contributed by atoms with Gasteiger partial charge < -0.3 is 10.2 Å². The Morgan fingerprint density at radius 3 is 3.15 bits per heavy atom. The van der Waals surface area contributed by atoms with Crippen molar-refractivity contribution in [1.82, 2.24) is 10.2 Å². The molecule has 0 bridgehead atoms. The van der Waals surface area contributed by atoms with Crippen molar-refractivity contribution in [2.24, 2.45) is 0 Å². The van der Waals surface area contributed by atoms with Crippen molar-refractivity contribution in [2.75, 3.05) is 5.73 Å². The molecule has 2 aromatic heterocycles. The van der Waals surface area contributed by atoms with Gasteiger partial charge in [0.25, 0.3) is 0 Å². The maximum Gasteiger partial charge on any atom is 0.132 e. The number of H-pyrrole nitrogens is 1. The van der Waals surface area contributed by atoms with E-state index in [9.17, 15) is 0 Å². The molecule has 0 radical (unpaired) electrons. The summed E-state index contributed by atoms with van der Waals surface area (Å²) in [6.45, 7) is 0. The second-order valence-electron chi connectivity index (χ2n) is 2.52. The van der Waals surface area contributed by atoms with Crippen molar-refractivity contribution < 1.29 is 4.42 Å². The first-order valence-corrected chi connectivity index (χ1v) is 4.79. The van der Waals surface area contributed by atoms with E-state index in [1.807, 2.05) is 12.1 Å². The highest BCUT2D eigenvalue weighted by atomic mass is 32.2. The summed E-state index contributed by atoms with van der Waals surface area (Å²) in [4.78, 5) is 0.955. The van der Waals surface area contributed by atoms with Crippen molar-refractivity contribution in [3.63, 3.8) is 0 Å². The van der Waals surface area contributed by atoms with Gasteiger partial charge in [0.2, 0.25) is 0 Å². The van der Waals surface area contributed by atoms with Gasteiger partial charge in [0.1, 0.15) is 11.6 Å². The lowest BCUT2D eigenvalue weighted by atomic mass is 10.5. The number of hydrogen-bond donors (Lipinski definition) is 2. The summed E-state index contributed by atoms with van der Waals surface area (Å²) in [6.07, 6.45) is 3.37. The number of thioether (sulfide) groups is 1. The molecule has 68 valence electrons. The number of aromatic amines is 1. The molecule has 2 aromatic rings. The van der Waals surface area contributed by atoms with Crippen LogP contribution in [0.5, 0.6) is 0 Å². The standard InChI is InChI=1S/C8H9N3OS/c9-8-7(4-10-11-8)13-5-6-2-1-3-12-6/h1-4H,5H2,(H3,9,10,11). The first-order chi connectivity index (χ1) is 6.36. The van der Waals surface area contributed by atoms with Gasteiger partial charge in [-0.25, -0.2) is 0 Å². The topological polar surface area (TPSA) is 67.8 Å². The third-order valence-electron chi connectivity index (χ3n) is 1.58. The lowest BCUT2D eigenvalue weighted by molar-refractivity contribution is 0.530. The Bertz CT molecular complexity index is 368. The van der Waals surface area contributed by atoms with Crippen LogP contribution in [0.25, 0.3) is 0 Å². The lowest BCUT2D eigenvalue weighted by Gasteiger charge is -1.95. The van der Waals surface area contributed by atoms with Crippen LogP contribution in [0.2, 0.25) is 0 Å². The highest BCUT2D eigenvalue weighted by Crippen LogP contribution is 2.25. The fourth-order valence-electron chi connectivity index (χ4n) is 0.944. The number of aromatic nitrogens is 2. The van der Waals surface area contributed by atoms with Crippen molar-refractivity contribution in [3.05, 3.63) is 30.4 Å². The normalized spacial score (nSPS) is 10.5. The Morgan fingerprint density at radius 2 is 2.54 bits per heavy atom. The van der Waals surface area contributed by atoms with Crippen molar-refractivity contribution in [2.45, 2.75) is 10.6 Å². The van der Waals surface area contributed by atoms with Crippen LogP contribution in [0, 0.1) is 0 Å². The summed E-state index contributed by atoms with van der Waals surface area (Å²) in [7, 11) is 0. The number of anilines is 1. The number of nitrogens with zero attached hydrogens (tertiary/aromatic N) is 1. The van der Waals surface area contributed by atoms with Crippen molar-refractivity contribution >= 4 is 17.6 Å². The Hall–Kier alpha value is -1.36. The predicted molar refractivity (Wildman–Crippen MR) is 51.3 cm³/mol. The van der Waals surface area contributed by atoms with Crippen LogP contribution >= 0.6 is 11.8 Å². The Morgan fingerprint density at radius 1 is 1.62 bits per heavy atom. The van der Waals surface area contributed by atoms with Gasteiger partial charge in [0.15, 0.2) is 0 Å². The molecule has 0 fully saturated rings. The monoisotopic (exact) mass is 195 g/mol. The maximum absolute atomic E-state index is 5.61. The average molecular weight is 195 g/mol. The molecule has 0 saturated carbocycles. The molecule has 0 aliphatic rings. The van der Waals surface area contributed by atoms with Crippen LogP contribution in [-0.2, 0) is 5.75 Å². The molecule has 0 saturated heterocycles. The van der Waals surface area contributed by atoms with E-state index in [-0.39, 0.29) is 0 Å². The molecule has 0 aromatic carbocycles. The first kappa shape index (κ1) is 8.25. The van der Waals surface area contributed by atoms with Crippen LogP contribution in [0.3, 0.4) is 0 Å². The van der Waals surface area contributed by atoms with E-state index in [4.69, 9.17) is 10.2 Å². The molecule has 2 rings (SSSR count). The van der Waals surface area contributed by atoms with Crippen molar-refractivity contribution in [3.8, 4) is 0 Å².